The van der Waals surface area contributed by atoms with Crippen LogP contribution < -0.4 is 5.32 Å². The van der Waals surface area contributed by atoms with Gasteiger partial charge in [0.1, 0.15) is 11.4 Å². The van der Waals surface area contributed by atoms with E-state index in [0.29, 0.717) is 17.3 Å². The summed E-state index contributed by atoms with van der Waals surface area (Å²) in [7, 11) is 0. The van der Waals surface area contributed by atoms with Crippen molar-refractivity contribution in [3.8, 4) is 0 Å². The average Bonchev–Trinajstić information content (AvgIpc) is 2.97. The molecule has 3 rings (SSSR count). The van der Waals surface area contributed by atoms with E-state index in [2.05, 4.69) is 10.3 Å². The van der Waals surface area contributed by atoms with Crippen LogP contribution in [0, 0.1) is 5.92 Å². The third kappa shape index (κ3) is 2.79. The maximum absolute atomic E-state index is 11.4. The van der Waals surface area contributed by atoms with Crippen molar-refractivity contribution in [3.63, 3.8) is 0 Å². The molecule has 1 saturated carbocycles. The number of aromatic nitrogens is 1. The lowest BCUT2D eigenvalue weighted by molar-refractivity contribution is 0.0697. The first kappa shape index (κ1) is 13.4. The molecule has 0 aromatic carbocycles. The summed E-state index contributed by atoms with van der Waals surface area (Å²) in [5, 5.41) is 12.7. The first-order chi connectivity index (χ1) is 9.74. The minimum atomic E-state index is -0.875. The van der Waals surface area contributed by atoms with Gasteiger partial charge in [0.25, 0.3) is 0 Å². The molecular weight excluding hydrogens is 252 g/mol. The Morgan fingerprint density at radius 2 is 2.00 bits per heavy atom. The molecule has 0 radical (unpaired) electrons. The molecule has 20 heavy (non-hydrogen) atoms. The highest BCUT2D eigenvalue weighted by Crippen LogP contribution is 2.27. The van der Waals surface area contributed by atoms with E-state index in [0.717, 1.165) is 43.5 Å². The maximum Gasteiger partial charge on any atom is 0.339 e. The molecule has 0 saturated heterocycles. The Hall–Kier alpha value is -1.58. The van der Waals surface area contributed by atoms with Crippen molar-refractivity contribution in [1.29, 1.82) is 0 Å². The molecule has 0 unspecified atom stereocenters. The van der Waals surface area contributed by atoms with Crippen LogP contribution in [0.3, 0.4) is 0 Å². The van der Waals surface area contributed by atoms with E-state index in [9.17, 15) is 9.90 Å². The van der Waals surface area contributed by atoms with Gasteiger partial charge in [-0.25, -0.2) is 9.78 Å². The molecule has 1 heterocycles. The quantitative estimate of drug-likeness (QED) is 0.884. The molecule has 0 spiro atoms. The van der Waals surface area contributed by atoms with Crippen molar-refractivity contribution in [2.24, 2.45) is 5.92 Å². The van der Waals surface area contributed by atoms with Gasteiger partial charge in [0.2, 0.25) is 0 Å². The summed E-state index contributed by atoms with van der Waals surface area (Å²) in [6, 6.07) is 1.83. The lowest BCUT2D eigenvalue weighted by Gasteiger charge is -2.19. The number of anilines is 1. The third-order valence-electron chi connectivity index (χ3n) is 4.56. The topological polar surface area (TPSA) is 62.2 Å². The van der Waals surface area contributed by atoms with Crippen LogP contribution in [0.15, 0.2) is 6.07 Å². The van der Waals surface area contributed by atoms with E-state index >= 15 is 0 Å². The van der Waals surface area contributed by atoms with Gasteiger partial charge in [-0.1, -0.05) is 12.8 Å². The van der Waals surface area contributed by atoms with Crippen molar-refractivity contribution in [1.82, 2.24) is 4.98 Å². The lowest BCUT2D eigenvalue weighted by Crippen LogP contribution is -2.17. The van der Waals surface area contributed by atoms with Gasteiger partial charge >= 0.3 is 5.97 Å². The van der Waals surface area contributed by atoms with Crippen LogP contribution in [0.1, 0.15) is 60.1 Å². The second-order valence-corrected chi connectivity index (χ2v) is 6.03. The molecule has 2 N–H and O–H groups in total. The van der Waals surface area contributed by atoms with E-state index in [1.807, 2.05) is 6.07 Å². The fourth-order valence-electron chi connectivity index (χ4n) is 3.39. The number of carbonyl (C=O) groups is 1. The average molecular weight is 274 g/mol. The second-order valence-electron chi connectivity index (χ2n) is 6.03. The smallest absolute Gasteiger partial charge is 0.339 e. The molecular formula is C16H22N2O2. The minimum Gasteiger partial charge on any atom is -0.478 e. The van der Waals surface area contributed by atoms with Crippen molar-refractivity contribution in [3.05, 3.63) is 22.9 Å². The first-order valence-electron chi connectivity index (χ1n) is 7.74. The zero-order valence-corrected chi connectivity index (χ0v) is 11.8. The Balaban J connectivity index is 1.81. The van der Waals surface area contributed by atoms with Gasteiger partial charge in [-0.15, -0.1) is 0 Å². The number of rotatable bonds is 4. The number of nitrogens with zero attached hydrogens (tertiary/aromatic N) is 1. The van der Waals surface area contributed by atoms with Crippen LogP contribution in [-0.4, -0.2) is 22.6 Å². The van der Waals surface area contributed by atoms with E-state index in [-0.39, 0.29) is 0 Å². The lowest BCUT2D eigenvalue weighted by atomic mass is 9.94. The highest BCUT2D eigenvalue weighted by molar-refractivity contribution is 5.93. The molecule has 1 aromatic heterocycles. The summed E-state index contributed by atoms with van der Waals surface area (Å²) in [5.74, 6) is 0.374. The zero-order valence-electron chi connectivity index (χ0n) is 11.8. The van der Waals surface area contributed by atoms with Crippen LogP contribution in [0.25, 0.3) is 0 Å². The fraction of sp³-hybridized carbons (Fsp3) is 0.625. The summed E-state index contributed by atoms with van der Waals surface area (Å²) in [6.45, 7) is 0.853. The Morgan fingerprint density at radius 3 is 2.75 bits per heavy atom. The Kier molecular flexibility index (Phi) is 3.90. The number of nitrogens with one attached hydrogen (secondary N) is 1. The molecule has 108 valence electrons. The predicted octanol–water partition coefficient (Wildman–Crippen LogP) is 3.26. The highest BCUT2D eigenvalue weighted by atomic mass is 16.4. The molecule has 2 aliphatic rings. The monoisotopic (exact) mass is 274 g/mol. The summed E-state index contributed by atoms with van der Waals surface area (Å²) in [5.41, 5.74) is 2.55. The molecule has 1 fully saturated rings. The van der Waals surface area contributed by atoms with E-state index in [1.54, 1.807) is 0 Å². The van der Waals surface area contributed by atoms with Crippen molar-refractivity contribution >= 4 is 11.8 Å². The van der Waals surface area contributed by atoms with Crippen molar-refractivity contribution in [2.45, 2.75) is 51.4 Å². The third-order valence-corrected chi connectivity index (χ3v) is 4.56. The molecule has 0 amide bonds. The van der Waals surface area contributed by atoms with Crippen molar-refractivity contribution in [2.75, 3.05) is 11.9 Å². The van der Waals surface area contributed by atoms with Gasteiger partial charge in [0, 0.05) is 12.2 Å². The molecule has 2 aliphatic carbocycles. The number of carboxylic acids is 1. The zero-order chi connectivity index (χ0) is 13.9. The van der Waals surface area contributed by atoms with E-state index in [1.165, 1.54) is 25.7 Å². The van der Waals surface area contributed by atoms with Crippen LogP contribution in [0.5, 0.6) is 0 Å². The predicted molar refractivity (Wildman–Crippen MR) is 78.3 cm³/mol. The number of hydrogen-bond acceptors (Lipinski definition) is 3. The fourth-order valence-corrected chi connectivity index (χ4v) is 3.39. The number of pyridine rings is 1. The van der Waals surface area contributed by atoms with Crippen LogP contribution >= 0.6 is 0 Å². The normalized spacial score (nSPS) is 18.8. The van der Waals surface area contributed by atoms with Gasteiger partial charge in [-0.05, 0) is 56.1 Å². The number of aromatic carboxylic acids is 1. The van der Waals surface area contributed by atoms with Gasteiger partial charge < -0.3 is 10.4 Å². The van der Waals surface area contributed by atoms with Crippen LogP contribution in [0.4, 0.5) is 5.82 Å². The molecule has 4 heteroatoms. The summed E-state index contributed by atoms with van der Waals surface area (Å²) >= 11 is 0. The Labute approximate surface area is 119 Å². The minimum absolute atomic E-state index is 0.337. The molecule has 1 aromatic rings. The maximum atomic E-state index is 11.4. The largest absolute Gasteiger partial charge is 0.478 e. The Bertz CT molecular complexity index is 507. The van der Waals surface area contributed by atoms with Crippen LogP contribution in [0.2, 0.25) is 0 Å². The van der Waals surface area contributed by atoms with Gasteiger partial charge in [0.05, 0.1) is 0 Å². The van der Waals surface area contributed by atoms with Gasteiger partial charge in [-0.2, -0.15) is 0 Å². The van der Waals surface area contributed by atoms with Gasteiger partial charge in [0.15, 0.2) is 0 Å². The number of carboxylic acid groups (broad SMARTS) is 1. The molecule has 0 bridgehead atoms. The number of aryl methyl sites for hydroxylation is 2. The van der Waals surface area contributed by atoms with E-state index in [4.69, 9.17) is 0 Å². The molecule has 0 atom stereocenters. The van der Waals surface area contributed by atoms with Crippen LogP contribution in [-0.2, 0) is 12.8 Å². The highest BCUT2D eigenvalue weighted by Gasteiger charge is 2.20. The SMILES string of the molecule is O=C(O)c1cc2c(nc1NCC1CCCC1)CCCC2. The summed E-state index contributed by atoms with van der Waals surface area (Å²) in [6.07, 6.45) is 9.35. The first-order valence-corrected chi connectivity index (χ1v) is 7.74. The van der Waals surface area contributed by atoms with Gasteiger partial charge in [-0.3, -0.25) is 0 Å². The summed E-state index contributed by atoms with van der Waals surface area (Å²) < 4.78 is 0. The summed E-state index contributed by atoms with van der Waals surface area (Å²) in [4.78, 5) is 16.0. The molecule has 0 aliphatic heterocycles. The van der Waals surface area contributed by atoms with E-state index < -0.39 is 5.97 Å². The Morgan fingerprint density at radius 1 is 1.25 bits per heavy atom. The second kappa shape index (κ2) is 5.81. The van der Waals surface area contributed by atoms with Crippen molar-refractivity contribution < 1.29 is 9.90 Å². The number of hydrogen-bond donors (Lipinski definition) is 2. The molecule has 4 nitrogen and oxygen atoms in total. The number of fused-ring (bicyclic) bond motifs is 1. The standard InChI is InChI=1S/C16H22N2O2/c19-16(20)13-9-12-7-3-4-8-14(12)18-15(13)17-10-11-5-1-2-6-11/h9,11H,1-8,10H2,(H,17,18)(H,19,20).